The Morgan fingerprint density at radius 3 is 3.07 bits per heavy atom. The Labute approximate surface area is 91.9 Å². The normalized spacial score (nSPS) is 23.1. The molecule has 6 heteroatoms. The zero-order valence-electron chi connectivity index (χ0n) is 8.14. The number of anilines is 1. The van der Waals surface area contributed by atoms with E-state index in [1.54, 1.807) is 0 Å². The largest absolute Gasteiger partial charge is 0.374 e. The smallest absolute Gasteiger partial charge is 0.203 e. The van der Waals surface area contributed by atoms with E-state index in [1.807, 2.05) is 11.8 Å². The van der Waals surface area contributed by atoms with E-state index in [0.29, 0.717) is 5.13 Å². The molecule has 1 aliphatic heterocycles. The van der Waals surface area contributed by atoms with Gasteiger partial charge in [0.1, 0.15) is 5.01 Å². The lowest BCUT2D eigenvalue weighted by atomic mass is 10.4. The van der Waals surface area contributed by atoms with Crippen LogP contribution in [0.3, 0.4) is 0 Å². The minimum atomic E-state index is 0.570. The molecule has 1 atom stereocenters. The second kappa shape index (κ2) is 4.46. The summed E-state index contributed by atoms with van der Waals surface area (Å²) in [5, 5.41) is 10.2. The molecule has 0 aromatic carbocycles. The van der Waals surface area contributed by atoms with Gasteiger partial charge in [-0.1, -0.05) is 11.3 Å². The van der Waals surface area contributed by atoms with Crippen LogP contribution < -0.4 is 5.73 Å². The molecule has 1 aliphatic rings. The minimum Gasteiger partial charge on any atom is -0.374 e. The molecule has 0 aliphatic carbocycles. The Balaban J connectivity index is 1.87. The fourth-order valence-electron chi connectivity index (χ4n) is 1.65. The molecule has 0 spiro atoms. The first-order chi connectivity index (χ1) is 6.78. The van der Waals surface area contributed by atoms with Crippen molar-refractivity contribution in [2.24, 2.45) is 0 Å². The van der Waals surface area contributed by atoms with Gasteiger partial charge in [-0.15, -0.1) is 10.2 Å². The maximum atomic E-state index is 5.53. The summed E-state index contributed by atoms with van der Waals surface area (Å²) in [6.45, 7) is 3.25. The van der Waals surface area contributed by atoms with E-state index >= 15 is 0 Å². The Morgan fingerprint density at radius 1 is 1.64 bits per heavy atom. The predicted octanol–water partition coefficient (Wildman–Crippen LogP) is 1.06. The Bertz CT molecular complexity index is 301. The van der Waals surface area contributed by atoms with Crippen LogP contribution >= 0.6 is 23.1 Å². The van der Waals surface area contributed by atoms with Gasteiger partial charge in [0.15, 0.2) is 0 Å². The third-order valence-corrected chi connectivity index (χ3v) is 4.19. The lowest BCUT2D eigenvalue weighted by Crippen LogP contribution is -2.20. The van der Waals surface area contributed by atoms with Crippen molar-refractivity contribution >= 4 is 28.2 Å². The summed E-state index contributed by atoms with van der Waals surface area (Å²) >= 11 is 3.44. The van der Waals surface area contributed by atoms with Crippen molar-refractivity contribution in [2.45, 2.75) is 18.2 Å². The Kier molecular flexibility index (Phi) is 3.25. The van der Waals surface area contributed by atoms with Gasteiger partial charge < -0.3 is 5.73 Å². The van der Waals surface area contributed by atoms with Crippen molar-refractivity contribution < 1.29 is 0 Å². The first kappa shape index (κ1) is 10.2. The van der Waals surface area contributed by atoms with Crippen LogP contribution in [0.4, 0.5) is 5.13 Å². The van der Waals surface area contributed by atoms with Gasteiger partial charge in [-0.2, -0.15) is 11.8 Å². The zero-order valence-corrected chi connectivity index (χ0v) is 9.77. The lowest BCUT2D eigenvalue weighted by Gasteiger charge is -2.12. The highest BCUT2D eigenvalue weighted by molar-refractivity contribution is 7.99. The highest BCUT2D eigenvalue weighted by atomic mass is 32.2. The van der Waals surface area contributed by atoms with E-state index in [1.165, 1.54) is 30.8 Å². The molecular weight excluding hydrogens is 216 g/mol. The van der Waals surface area contributed by atoms with Crippen LogP contribution in [0.15, 0.2) is 0 Å². The van der Waals surface area contributed by atoms with E-state index in [9.17, 15) is 0 Å². The number of aromatic nitrogens is 2. The summed E-state index contributed by atoms with van der Waals surface area (Å²) < 4.78 is 0. The fourth-order valence-corrected chi connectivity index (χ4v) is 3.01. The van der Waals surface area contributed by atoms with Gasteiger partial charge in [-0.3, -0.25) is 4.90 Å². The number of nitrogen functional groups attached to an aromatic ring is 1. The third kappa shape index (κ3) is 2.37. The molecule has 1 saturated heterocycles. The average Bonchev–Trinajstić information content (AvgIpc) is 2.76. The Morgan fingerprint density at radius 2 is 2.50 bits per heavy atom. The SMILES string of the molecule is CSC1CCN(Cc2nnc(N)s2)C1. The van der Waals surface area contributed by atoms with Gasteiger partial charge in [0.25, 0.3) is 0 Å². The Hall–Kier alpha value is -0.330. The van der Waals surface area contributed by atoms with Crippen molar-refractivity contribution in [3.8, 4) is 0 Å². The maximum Gasteiger partial charge on any atom is 0.203 e. The molecule has 1 aromatic heterocycles. The first-order valence-corrected chi connectivity index (χ1v) is 6.71. The second-order valence-electron chi connectivity index (χ2n) is 3.42. The second-order valence-corrected chi connectivity index (χ2v) is 5.65. The van der Waals surface area contributed by atoms with Gasteiger partial charge in [0.2, 0.25) is 5.13 Å². The molecule has 0 radical (unpaired) electrons. The number of hydrogen-bond donors (Lipinski definition) is 1. The number of hydrogen-bond acceptors (Lipinski definition) is 6. The van der Waals surface area contributed by atoms with Crippen molar-refractivity contribution in [1.29, 1.82) is 0 Å². The van der Waals surface area contributed by atoms with Crippen LogP contribution in [0.2, 0.25) is 0 Å². The van der Waals surface area contributed by atoms with Crippen molar-refractivity contribution in [2.75, 3.05) is 25.1 Å². The number of nitrogens with two attached hydrogens (primary N) is 1. The molecule has 4 nitrogen and oxygen atoms in total. The van der Waals surface area contributed by atoms with Gasteiger partial charge in [-0.05, 0) is 19.2 Å². The van der Waals surface area contributed by atoms with Crippen molar-refractivity contribution in [3.63, 3.8) is 0 Å². The van der Waals surface area contributed by atoms with Gasteiger partial charge >= 0.3 is 0 Å². The highest BCUT2D eigenvalue weighted by Gasteiger charge is 2.22. The summed E-state index contributed by atoms with van der Waals surface area (Å²) in [4.78, 5) is 2.42. The maximum absolute atomic E-state index is 5.53. The summed E-state index contributed by atoms with van der Waals surface area (Å²) in [6.07, 6.45) is 3.46. The van der Waals surface area contributed by atoms with Gasteiger partial charge in [0.05, 0.1) is 6.54 Å². The predicted molar refractivity (Wildman–Crippen MR) is 61.5 cm³/mol. The average molecular weight is 230 g/mol. The van der Waals surface area contributed by atoms with Crippen molar-refractivity contribution in [3.05, 3.63) is 5.01 Å². The summed E-state index contributed by atoms with van der Waals surface area (Å²) in [5.74, 6) is 0. The summed E-state index contributed by atoms with van der Waals surface area (Å²) in [7, 11) is 0. The molecule has 0 amide bonds. The molecule has 2 rings (SSSR count). The van der Waals surface area contributed by atoms with Gasteiger partial charge in [-0.25, -0.2) is 0 Å². The van der Waals surface area contributed by atoms with Crippen LogP contribution in [0, 0.1) is 0 Å². The van der Waals surface area contributed by atoms with Crippen LogP contribution in [0.25, 0.3) is 0 Å². The molecule has 14 heavy (non-hydrogen) atoms. The van der Waals surface area contributed by atoms with E-state index in [-0.39, 0.29) is 0 Å². The number of nitrogens with zero attached hydrogens (tertiary/aromatic N) is 3. The quantitative estimate of drug-likeness (QED) is 0.841. The monoisotopic (exact) mass is 230 g/mol. The molecule has 2 heterocycles. The zero-order chi connectivity index (χ0) is 9.97. The summed E-state index contributed by atoms with van der Waals surface area (Å²) in [6, 6.07) is 0. The van der Waals surface area contributed by atoms with Crippen LogP contribution in [0.5, 0.6) is 0 Å². The summed E-state index contributed by atoms with van der Waals surface area (Å²) in [5.41, 5.74) is 5.53. The fraction of sp³-hybridized carbons (Fsp3) is 0.750. The standard InChI is InChI=1S/C8H14N4S2/c1-13-6-2-3-12(4-6)5-7-10-11-8(9)14-7/h6H,2-5H2,1H3,(H2,9,11). The molecule has 1 unspecified atom stereocenters. The molecule has 0 saturated carbocycles. The highest BCUT2D eigenvalue weighted by Crippen LogP contribution is 2.22. The van der Waals surface area contributed by atoms with Crippen molar-refractivity contribution in [1.82, 2.24) is 15.1 Å². The number of thioether (sulfide) groups is 1. The molecule has 2 N–H and O–H groups in total. The first-order valence-electron chi connectivity index (χ1n) is 4.61. The van der Waals surface area contributed by atoms with E-state index in [4.69, 9.17) is 5.73 Å². The van der Waals surface area contributed by atoms with E-state index in [0.717, 1.165) is 16.8 Å². The van der Waals surface area contributed by atoms with Gasteiger partial charge in [0, 0.05) is 11.8 Å². The molecular formula is C8H14N4S2. The van der Waals surface area contributed by atoms with E-state index < -0.39 is 0 Å². The number of likely N-dealkylation sites (tertiary alicyclic amines) is 1. The molecule has 1 aromatic rings. The molecule has 78 valence electrons. The van der Waals surface area contributed by atoms with Crippen LogP contribution in [0.1, 0.15) is 11.4 Å². The van der Waals surface area contributed by atoms with Crippen LogP contribution in [-0.2, 0) is 6.54 Å². The topological polar surface area (TPSA) is 55.0 Å². The lowest BCUT2D eigenvalue weighted by molar-refractivity contribution is 0.331. The molecule has 0 bridgehead atoms. The minimum absolute atomic E-state index is 0.570. The van der Waals surface area contributed by atoms with Crippen LogP contribution in [-0.4, -0.2) is 39.7 Å². The molecule has 1 fully saturated rings. The third-order valence-electron chi connectivity index (χ3n) is 2.40. The number of rotatable bonds is 3. The van der Waals surface area contributed by atoms with E-state index in [2.05, 4.69) is 21.4 Å².